The van der Waals surface area contributed by atoms with Crippen LogP contribution in [0.15, 0.2) is 18.3 Å². The van der Waals surface area contributed by atoms with Gasteiger partial charge in [0, 0.05) is 6.54 Å². The second kappa shape index (κ2) is 4.55. The van der Waals surface area contributed by atoms with E-state index in [9.17, 15) is 0 Å². The number of nitrogen functional groups attached to an aromatic ring is 1. The lowest BCUT2D eigenvalue weighted by Gasteiger charge is -2.10. The van der Waals surface area contributed by atoms with E-state index >= 15 is 0 Å². The molecule has 1 fully saturated rings. The van der Waals surface area contributed by atoms with Crippen molar-refractivity contribution in [1.29, 1.82) is 0 Å². The Balaban J connectivity index is 1.82. The maximum Gasteiger partial charge on any atom is 0.123 e. The number of anilines is 2. The van der Waals surface area contributed by atoms with Gasteiger partial charge in [-0.25, -0.2) is 4.98 Å². The molecule has 3 nitrogen and oxygen atoms in total. The minimum absolute atomic E-state index is 0.576. The topological polar surface area (TPSA) is 50.9 Å². The molecule has 1 aromatic heterocycles. The number of thioether (sulfide) groups is 1. The number of rotatable bonds is 3. The van der Waals surface area contributed by atoms with Crippen molar-refractivity contribution in [1.82, 2.24) is 4.98 Å². The fourth-order valence-corrected chi connectivity index (χ4v) is 2.80. The highest BCUT2D eigenvalue weighted by Crippen LogP contribution is 2.23. The van der Waals surface area contributed by atoms with Crippen molar-refractivity contribution >= 4 is 23.3 Å². The van der Waals surface area contributed by atoms with Gasteiger partial charge in [0.2, 0.25) is 0 Å². The minimum atomic E-state index is 0.576. The highest BCUT2D eigenvalue weighted by Gasteiger charge is 2.14. The molecular weight excluding hydrogens is 194 g/mol. The van der Waals surface area contributed by atoms with Crippen molar-refractivity contribution in [3.63, 3.8) is 0 Å². The van der Waals surface area contributed by atoms with Crippen LogP contribution < -0.4 is 11.1 Å². The average Bonchev–Trinajstić information content (AvgIpc) is 2.70. The van der Waals surface area contributed by atoms with E-state index in [1.54, 1.807) is 6.20 Å². The van der Waals surface area contributed by atoms with Crippen LogP contribution in [0.4, 0.5) is 11.5 Å². The van der Waals surface area contributed by atoms with Gasteiger partial charge in [-0.05, 0) is 36.0 Å². The van der Waals surface area contributed by atoms with Gasteiger partial charge in [-0.2, -0.15) is 11.8 Å². The molecule has 1 aliphatic heterocycles. The first kappa shape index (κ1) is 9.65. The summed E-state index contributed by atoms with van der Waals surface area (Å²) < 4.78 is 0. The molecule has 1 aromatic rings. The SMILES string of the molecule is Nc1ccc(NCC2CCSC2)cn1. The average molecular weight is 209 g/mol. The molecule has 1 unspecified atom stereocenters. The first-order valence-electron chi connectivity index (χ1n) is 4.88. The molecule has 0 bridgehead atoms. The molecule has 1 saturated heterocycles. The third-order valence-electron chi connectivity index (χ3n) is 2.41. The number of nitrogens with one attached hydrogen (secondary N) is 1. The van der Waals surface area contributed by atoms with E-state index in [1.807, 2.05) is 23.9 Å². The van der Waals surface area contributed by atoms with E-state index in [0.29, 0.717) is 5.82 Å². The van der Waals surface area contributed by atoms with E-state index in [1.165, 1.54) is 17.9 Å². The molecular formula is C10H15N3S. The second-order valence-corrected chi connectivity index (χ2v) is 4.73. The lowest BCUT2D eigenvalue weighted by atomic mass is 10.1. The number of aromatic nitrogens is 1. The molecule has 0 spiro atoms. The van der Waals surface area contributed by atoms with Crippen molar-refractivity contribution in [3.8, 4) is 0 Å². The van der Waals surface area contributed by atoms with E-state index in [0.717, 1.165) is 18.2 Å². The van der Waals surface area contributed by atoms with Crippen molar-refractivity contribution in [2.24, 2.45) is 5.92 Å². The third-order valence-corrected chi connectivity index (χ3v) is 3.64. The number of nitrogens with zero attached hydrogens (tertiary/aromatic N) is 1. The molecule has 3 N–H and O–H groups in total. The molecule has 0 radical (unpaired) electrons. The predicted molar refractivity (Wildman–Crippen MR) is 62.6 cm³/mol. The van der Waals surface area contributed by atoms with Crippen molar-refractivity contribution in [3.05, 3.63) is 18.3 Å². The Morgan fingerprint density at radius 3 is 3.14 bits per heavy atom. The molecule has 0 saturated carbocycles. The maximum atomic E-state index is 5.50. The molecule has 2 rings (SSSR count). The summed E-state index contributed by atoms with van der Waals surface area (Å²) >= 11 is 2.04. The quantitative estimate of drug-likeness (QED) is 0.797. The fourth-order valence-electron chi connectivity index (χ4n) is 1.52. The number of hydrogen-bond acceptors (Lipinski definition) is 4. The Kier molecular flexibility index (Phi) is 3.14. The van der Waals surface area contributed by atoms with Gasteiger partial charge >= 0.3 is 0 Å². The summed E-state index contributed by atoms with van der Waals surface area (Å²) in [5, 5.41) is 3.38. The molecule has 1 aliphatic rings. The normalized spacial score (nSPS) is 21.0. The summed E-state index contributed by atoms with van der Waals surface area (Å²) in [6, 6.07) is 3.80. The van der Waals surface area contributed by atoms with Crippen LogP contribution in [0.2, 0.25) is 0 Å². The zero-order valence-electron chi connectivity index (χ0n) is 8.07. The highest BCUT2D eigenvalue weighted by atomic mass is 32.2. The lowest BCUT2D eigenvalue weighted by Crippen LogP contribution is -2.13. The number of nitrogens with two attached hydrogens (primary N) is 1. The van der Waals surface area contributed by atoms with Crippen LogP contribution in [-0.4, -0.2) is 23.0 Å². The summed E-state index contributed by atoms with van der Waals surface area (Å²) in [4.78, 5) is 4.03. The van der Waals surface area contributed by atoms with E-state index in [4.69, 9.17) is 5.73 Å². The van der Waals surface area contributed by atoms with Gasteiger partial charge < -0.3 is 11.1 Å². The van der Waals surface area contributed by atoms with Crippen LogP contribution in [0.5, 0.6) is 0 Å². The Morgan fingerprint density at radius 1 is 1.57 bits per heavy atom. The van der Waals surface area contributed by atoms with Crippen LogP contribution in [0.3, 0.4) is 0 Å². The second-order valence-electron chi connectivity index (χ2n) is 3.58. The van der Waals surface area contributed by atoms with Gasteiger partial charge in [0.05, 0.1) is 11.9 Å². The standard InChI is InChI=1S/C10H15N3S/c11-10-2-1-9(6-13-10)12-5-8-3-4-14-7-8/h1-2,6,8,12H,3-5,7H2,(H2,11,13). The Hall–Kier alpha value is -0.900. The third kappa shape index (κ3) is 2.54. The van der Waals surface area contributed by atoms with Crippen LogP contribution in [0, 0.1) is 5.92 Å². The summed E-state index contributed by atoms with van der Waals surface area (Å²) in [5.41, 5.74) is 6.57. The minimum Gasteiger partial charge on any atom is -0.384 e. The number of hydrogen-bond donors (Lipinski definition) is 2. The molecule has 0 amide bonds. The molecule has 0 aromatic carbocycles. The zero-order chi connectivity index (χ0) is 9.80. The summed E-state index contributed by atoms with van der Waals surface area (Å²) in [6.07, 6.45) is 3.12. The summed E-state index contributed by atoms with van der Waals surface area (Å²) in [6.45, 7) is 1.05. The molecule has 76 valence electrons. The van der Waals surface area contributed by atoms with E-state index in [-0.39, 0.29) is 0 Å². The maximum absolute atomic E-state index is 5.50. The van der Waals surface area contributed by atoms with Crippen LogP contribution in [0.25, 0.3) is 0 Å². The smallest absolute Gasteiger partial charge is 0.123 e. The van der Waals surface area contributed by atoms with Gasteiger partial charge in [0.1, 0.15) is 5.82 Å². The summed E-state index contributed by atoms with van der Waals surface area (Å²) in [7, 11) is 0. The largest absolute Gasteiger partial charge is 0.384 e. The molecule has 14 heavy (non-hydrogen) atoms. The first-order valence-corrected chi connectivity index (χ1v) is 6.03. The van der Waals surface area contributed by atoms with Crippen LogP contribution in [0.1, 0.15) is 6.42 Å². The molecule has 4 heteroatoms. The highest BCUT2D eigenvalue weighted by molar-refractivity contribution is 7.99. The number of pyridine rings is 1. The van der Waals surface area contributed by atoms with E-state index in [2.05, 4.69) is 10.3 Å². The Labute approximate surface area is 88.5 Å². The van der Waals surface area contributed by atoms with Gasteiger partial charge in [-0.1, -0.05) is 0 Å². The van der Waals surface area contributed by atoms with E-state index < -0.39 is 0 Å². The first-order chi connectivity index (χ1) is 6.84. The predicted octanol–water partition coefficient (Wildman–Crippen LogP) is 1.83. The van der Waals surface area contributed by atoms with Gasteiger partial charge in [-0.15, -0.1) is 0 Å². The molecule has 0 aliphatic carbocycles. The lowest BCUT2D eigenvalue weighted by molar-refractivity contribution is 0.632. The Morgan fingerprint density at radius 2 is 2.50 bits per heavy atom. The summed E-state index contributed by atoms with van der Waals surface area (Å²) in [5.74, 6) is 3.99. The Bertz CT molecular complexity index is 280. The monoisotopic (exact) mass is 209 g/mol. The molecule has 2 heterocycles. The van der Waals surface area contributed by atoms with Crippen molar-refractivity contribution in [2.75, 3.05) is 29.1 Å². The molecule has 1 atom stereocenters. The van der Waals surface area contributed by atoms with Crippen LogP contribution >= 0.6 is 11.8 Å². The fraction of sp³-hybridized carbons (Fsp3) is 0.500. The van der Waals surface area contributed by atoms with Crippen LogP contribution in [-0.2, 0) is 0 Å². The van der Waals surface area contributed by atoms with Crippen molar-refractivity contribution in [2.45, 2.75) is 6.42 Å². The zero-order valence-corrected chi connectivity index (χ0v) is 8.89. The van der Waals surface area contributed by atoms with Crippen molar-refractivity contribution < 1.29 is 0 Å². The van der Waals surface area contributed by atoms with Gasteiger partial charge in [0.25, 0.3) is 0 Å². The van der Waals surface area contributed by atoms with Gasteiger partial charge in [0.15, 0.2) is 0 Å². The van der Waals surface area contributed by atoms with Gasteiger partial charge in [-0.3, -0.25) is 0 Å².